The van der Waals surface area contributed by atoms with Crippen molar-refractivity contribution in [1.29, 1.82) is 0 Å². The maximum atomic E-state index is 5.35. The summed E-state index contributed by atoms with van der Waals surface area (Å²) in [4.78, 5) is 3.61. The van der Waals surface area contributed by atoms with Gasteiger partial charge in [0.05, 0.1) is 12.9 Å². The second-order valence-corrected chi connectivity index (χ2v) is 6.32. The summed E-state index contributed by atoms with van der Waals surface area (Å²) in [5, 5.41) is 3.39. The van der Waals surface area contributed by atoms with Crippen molar-refractivity contribution in [2.24, 2.45) is 0 Å². The first-order valence-electron chi connectivity index (χ1n) is 7.32. The highest BCUT2D eigenvalue weighted by Crippen LogP contribution is 2.31. The topological polar surface area (TPSA) is 24.5 Å². The number of rotatable bonds is 4. The number of ether oxygens (including phenoxy) is 1. The number of thioether (sulfide) groups is 1. The number of nitrogens with one attached hydrogen (secondary N) is 1. The number of fused-ring (bicyclic) bond motifs is 1. The maximum Gasteiger partial charge on any atom is 0.119 e. The Kier molecular flexibility index (Phi) is 4.59. The zero-order chi connectivity index (χ0) is 15.4. The Bertz CT molecular complexity index is 657. The summed E-state index contributed by atoms with van der Waals surface area (Å²) in [7, 11) is 1.71. The summed E-state index contributed by atoms with van der Waals surface area (Å²) in [6.45, 7) is 6.02. The van der Waals surface area contributed by atoms with E-state index in [1.807, 2.05) is 36.0 Å². The SMILES string of the molecule is C=C(Nc1ccccc1)N1CCSc2ccc(OC)cc2C1. The standard InChI is InChI=1S/C18H20N2OS/c1-14(19-16-6-4-3-5-7-16)20-10-11-22-18-9-8-17(21-2)12-15(18)13-20/h3-9,12,19H,1,10-11,13H2,2H3. The first-order valence-corrected chi connectivity index (χ1v) is 8.30. The van der Waals surface area contributed by atoms with Crippen molar-refractivity contribution in [3.63, 3.8) is 0 Å². The minimum absolute atomic E-state index is 0.845. The minimum atomic E-state index is 0.845. The molecule has 0 bridgehead atoms. The summed E-state index contributed by atoms with van der Waals surface area (Å²) in [6.07, 6.45) is 0. The van der Waals surface area contributed by atoms with Crippen molar-refractivity contribution in [1.82, 2.24) is 4.90 Å². The molecule has 1 heterocycles. The summed E-state index contributed by atoms with van der Waals surface area (Å²) in [6, 6.07) is 16.5. The third-order valence-electron chi connectivity index (χ3n) is 3.69. The molecule has 0 fully saturated rings. The van der Waals surface area contributed by atoms with Crippen LogP contribution >= 0.6 is 11.8 Å². The van der Waals surface area contributed by atoms with E-state index in [4.69, 9.17) is 4.74 Å². The molecule has 0 spiro atoms. The van der Waals surface area contributed by atoms with Crippen LogP contribution < -0.4 is 10.1 Å². The zero-order valence-electron chi connectivity index (χ0n) is 12.7. The first-order chi connectivity index (χ1) is 10.8. The molecule has 0 unspecified atom stereocenters. The lowest BCUT2D eigenvalue weighted by atomic mass is 10.2. The van der Waals surface area contributed by atoms with Crippen LogP contribution in [0.2, 0.25) is 0 Å². The van der Waals surface area contributed by atoms with E-state index in [-0.39, 0.29) is 0 Å². The molecule has 3 rings (SSSR count). The third kappa shape index (κ3) is 3.39. The molecule has 0 aliphatic carbocycles. The molecular formula is C18H20N2OS. The Morgan fingerprint density at radius 1 is 1.23 bits per heavy atom. The lowest BCUT2D eigenvalue weighted by molar-refractivity contribution is 0.362. The van der Waals surface area contributed by atoms with Gasteiger partial charge >= 0.3 is 0 Å². The molecule has 1 N–H and O–H groups in total. The van der Waals surface area contributed by atoms with Crippen LogP contribution in [0.15, 0.2) is 65.8 Å². The largest absolute Gasteiger partial charge is 0.497 e. The second-order valence-electron chi connectivity index (χ2n) is 5.18. The van der Waals surface area contributed by atoms with Gasteiger partial charge in [-0.1, -0.05) is 24.8 Å². The number of hydrogen-bond acceptors (Lipinski definition) is 4. The van der Waals surface area contributed by atoms with Gasteiger partial charge in [0.25, 0.3) is 0 Å². The number of para-hydroxylation sites is 1. The van der Waals surface area contributed by atoms with Crippen LogP contribution in [0.4, 0.5) is 5.69 Å². The lowest BCUT2D eigenvalue weighted by Gasteiger charge is -2.26. The van der Waals surface area contributed by atoms with E-state index < -0.39 is 0 Å². The van der Waals surface area contributed by atoms with Gasteiger partial charge in [-0.15, -0.1) is 11.8 Å². The highest BCUT2D eigenvalue weighted by molar-refractivity contribution is 7.99. The molecule has 1 aliphatic rings. The van der Waals surface area contributed by atoms with Crippen molar-refractivity contribution in [2.75, 3.05) is 24.7 Å². The lowest BCUT2D eigenvalue weighted by Crippen LogP contribution is -2.27. The highest BCUT2D eigenvalue weighted by atomic mass is 32.2. The number of nitrogens with zero attached hydrogens (tertiary/aromatic N) is 1. The van der Waals surface area contributed by atoms with Crippen molar-refractivity contribution in [3.8, 4) is 5.75 Å². The monoisotopic (exact) mass is 312 g/mol. The smallest absolute Gasteiger partial charge is 0.119 e. The Morgan fingerprint density at radius 2 is 2.05 bits per heavy atom. The molecule has 0 saturated carbocycles. The Morgan fingerprint density at radius 3 is 2.82 bits per heavy atom. The molecule has 0 atom stereocenters. The van der Waals surface area contributed by atoms with E-state index in [9.17, 15) is 0 Å². The van der Waals surface area contributed by atoms with E-state index >= 15 is 0 Å². The van der Waals surface area contributed by atoms with Gasteiger partial charge in [-0.3, -0.25) is 0 Å². The molecule has 3 nitrogen and oxygen atoms in total. The highest BCUT2D eigenvalue weighted by Gasteiger charge is 2.16. The number of methoxy groups -OCH3 is 1. The number of anilines is 1. The average Bonchev–Trinajstić information content (AvgIpc) is 2.77. The predicted octanol–water partition coefficient (Wildman–Crippen LogP) is 4.19. The second kappa shape index (κ2) is 6.79. The van der Waals surface area contributed by atoms with E-state index in [0.29, 0.717) is 0 Å². The Labute approximate surface area is 136 Å². The van der Waals surface area contributed by atoms with Gasteiger partial charge in [-0.2, -0.15) is 0 Å². The molecule has 1 aliphatic heterocycles. The molecule has 0 saturated heterocycles. The van der Waals surface area contributed by atoms with E-state index in [1.54, 1.807) is 7.11 Å². The molecule has 22 heavy (non-hydrogen) atoms. The summed E-state index contributed by atoms with van der Waals surface area (Å²) < 4.78 is 5.35. The van der Waals surface area contributed by atoms with Crippen LogP contribution in [0.1, 0.15) is 5.56 Å². The summed E-state index contributed by atoms with van der Waals surface area (Å²) in [5.41, 5.74) is 2.35. The Hall–Kier alpha value is -2.07. The van der Waals surface area contributed by atoms with Gasteiger partial charge < -0.3 is 15.0 Å². The van der Waals surface area contributed by atoms with Gasteiger partial charge in [-0.05, 0) is 35.9 Å². The molecule has 0 aromatic heterocycles. The number of benzene rings is 2. The minimum Gasteiger partial charge on any atom is -0.497 e. The molecule has 0 amide bonds. The van der Waals surface area contributed by atoms with E-state index in [0.717, 1.165) is 36.1 Å². The van der Waals surface area contributed by atoms with Crippen LogP contribution in [0.5, 0.6) is 5.75 Å². The van der Waals surface area contributed by atoms with Crippen molar-refractivity contribution >= 4 is 17.4 Å². The molecule has 0 radical (unpaired) electrons. The molecule has 114 valence electrons. The van der Waals surface area contributed by atoms with Crippen LogP contribution in [0.3, 0.4) is 0 Å². The van der Waals surface area contributed by atoms with Crippen LogP contribution in [-0.4, -0.2) is 24.3 Å². The molecule has 2 aromatic carbocycles. The predicted molar refractivity (Wildman–Crippen MR) is 93.3 cm³/mol. The maximum absolute atomic E-state index is 5.35. The average molecular weight is 312 g/mol. The van der Waals surface area contributed by atoms with Crippen LogP contribution in [0, 0.1) is 0 Å². The van der Waals surface area contributed by atoms with Crippen molar-refractivity contribution < 1.29 is 4.74 Å². The molecule has 2 aromatic rings. The van der Waals surface area contributed by atoms with Crippen LogP contribution in [0.25, 0.3) is 0 Å². The molecule has 4 heteroatoms. The first kappa shape index (κ1) is 14.9. The van der Waals surface area contributed by atoms with Crippen LogP contribution in [-0.2, 0) is 6.54 Å². The number of hydrogen-bond donors (Lipinski definition) is 1. The summed E-state index contributed by atoms with van der Waals surface area (Å²) in [5.74, 6) is 2.89. The fourth-order valence-electron chi connectivity index (χ4n) is 2.50. The summed E-state index contributed by atoms with van der Waals surface area (Å²) >= 11 is 1.89. The van der Waals surface area contributed by atoms with Crippen molar-refractivity contribution in [3.05, 3.63) is 66.5 Å². The van der Waals surface area contributed by atoms with Gasteiger partial charge in [0, 0.05) is 29.4 Å². The van der Waals surface area contributed by atoms with Gasteiger partial charge in [0.1, 0.15) is 5.75 Å². The Balaban J connectivity index is 1.75. The fraction of sp³-hybridized carbons (Fsp3) is 0.222. The third-order valence-corrected chi connectivity index (χ3v) is 4.79. The fourth-order valence-corrected chi connectivity index (χ4v) is 3.50. The molecular weight excluding hydrogens is 292 g/mol. The van der Waals surface area contributed by atoms with Gasteiger partial charge in [0.15, 0.2) is 0 Å². The van der Waals surface area contributed by atoms with Crippen molar-refractivity contribution in [2.45, 2.75) is 11.4 Å². The van der Waals surface area contributed by atoms with E-state index in [1.165, 1.54) is 10.5 Å². The normalized spacial score (nSPS) is 14.0. The van der Waals surface area contributed by atoms with Gasteiger partial charge in [-0.25, -0.2) is 0 Å². The van der Waals surface area contributed by atoms with E-state index in [2.05, 4.69) is 41.1 Å². The van der Waals surface area contributed by atoms with Gasteiger partial charge in [0.2, 0.25) is 0 Å². The quantitative estimate of drug-likeness (QED) is 0.915. The zero-order valence-corrected chi connectivity index (χ0v) is 13.5.